The second-order valence-corrected chi connectivity index (χ2v) is 7.11. The molecule has 1 aliphatic carbocycles. The molecule has 5 nitrogen and oxygen atoms in total. The maximum atomic E-state index is 12.7. The number of ether oxygens (including phenoxy) is 1. The molecule has 1 N–H and O–H groups in total. The molecular weight excluding hydrogens is 298 g/mol. The highest BCUT2D eigenvalue weighted by Crippen LogP contribution is 2.32. The molecule has 0 spiro atoms. The lowest BCUT2D eigenvalue weighted by atomic mass is 10.2. The average Bonchev–Trinajstić information content (AvgIpc) is 3.21. The number of hydrogen-bond donors (Lipinski definition) is 1. The summed E-state index contributed by atoms with van der Waals surface area (Å²) in [7, 11) is 0. The SMILES string of the molecule is Cc1cnc(C2CN(C(=O)c3cc4c(s3)CCC4)CCO2)[nH]1. The van der Waals surface area contributed by atoms with Crippen molar-refractivity contribution in [3.05, 3.63) is 39.1 Å². The maximum Gasteiger partial charge on any atom is 0.264 e. The summed E-state index contributed by atoms with van der Waals surface area (Å²) in [5, 5.41) is 0. The normalized spacial score (nSPS) is 21.1. The summed E-state index contributed by atoms with van der Waals surface area (Å²) in [6, 6.07) is 2.09. The van der Waals surface area contributed by atoms with E-state index < -0.39 is 0 Å². The number of thiophene rings is 1. The van der Waals surface area contributed by atoms with E-state index in [9.17, 15) is 4.79 Å². The highest BCUT2D eigenvalue weighted by Gasteiger charge is 2.29. The summed E-state index contributed by atoms with van der Waals surface area (Å²) in [4.78, 5) is 24.4. The number of hydrogen-bond acceptors (Lipinski definition) is 4. The van der Waals surface area contributed by atoms with E-state index in [0.29, 0.717) is 19.7 Å². The standard InChI is InChI=1S/C16H19N3O2S/c1-10-8-17-15(18-10)12-9-19(5-6-21-12)16(20)14-7-11-3-2-4-13(11)22-14/h7-8,12H,2-6,9H2,1H3,(H,17,18). The van der Waals surface area contributed by atoms with Crippen LogP contribution in [0.3, 0.4) is 0 Å². The molecule has 2 aromatic heterocycles. The van der Waals surface area contributed by atoms with Crippen LogP contribution in [0.5, 0.6) is 0 Å². The van der Waals surface area contributed by atoms with Crippen molar-refractivity contribution in [2.45, 2.75) is 32.3 Å². The summed E-state index contributed by atoms with van der Waals surface area (Å²) in [6.07, 6.45) is 5.12. The van der Waals surface area contributed by atoms with Crippen molar-refractivity contribution in [2.24, 2.45) is 0 Å². The molecule has 3 heterocycles. The van der Waals surface area contributed by atoms with Crippen LogP contribution in [0.2, 0.25) is 0 Å². The van der Waals surface area contributed by atoms with Crippen LogP contribution in [0.4, 0.5) is 0 Å². The van der Waals surface area contributed by atoms with Gasteiger partial charge in [0, 0.05) is 23.3 Å². The van der Waals surface area contributed by atoms with Gasteiger partial charge in [-0.15, -0.1) is 11.3 Å². The van der Waals surface area contributed by atoms with Crippen LogP contribution in [0.1, 0.15) is 44.2 Å². The lowest BCUT2D eigenvalue weighted by molar-refractivity contribution is -0.0263. The van der Waals surface area contributed by atoms with Gasteiger partial charge in [-0.1, -0.05) is 0 Å². The molecule has 0 saturated carbocycles. The third-order valence-corrected chi connectivity index (χ3v) is 5.56. The molecule has 1 saturated heterocycles. The number of imidazole rings is 1. The van der Waals surface area contributed by atoms with Gasteiger partial charge in [0.2, 0.25) is 0 Å². The van der Waals surface area contributed by atoms with E-state index in [1.165, 1.54) is 16.9 Å². The Morgan fingerprint density at radius 1 is 1.50 bits per heavy atom. The fourth-order valence-electron chi connectivity index (χ4n) is 3.19. The second kappa shape index (κ2) is 5.52. The first-order chi connectivity index (χ1) is 10.7. The van der Waals surface area contributed by atoms with E-state index >= 15 is 0 Å². The molecule has 1 aliphatic heterocycles. The van der Waals surface area contributed by atoms with Crippen molar-refractivity contribution in [3.8, 4) is 0 Å². The Balaban J connectivity index is 1.50. The topological polar surface area (TPSA) is 58.2 Å². The number of carbonyl (C=O) groups excluding carboxylic acids is 1. The van der Waals surface area contributed by atoms with E-state index in [1.807, 2.05) is 11.8 Å². The van der Waals surface area contributed by atoms with Gasteiger partial charge in [0.1, 0.15) is 11.9 Å². The minimum Gasteiger partial charge on any atom is -0.367 e. The van der Waals surface area contributed by atoms with Crippen molar-refractivity contribution in [3.63, 3.8) is 0 Å². The number of nitrogens with one attached hydrogen (secondary N) is 1. The Morgan fingerprint density at radius 3 is 3.18 bits per heavy atom. The fourth-order valence-corrected chi connectivity index (χ4v) is 4.41. The molecule has 116 valence electrons. The van der Waals surface area contributed by atoms with Crippen LogP contribution in [0.15, 0.2) is 12.3 Å². The van der Waals surface area contributed by atoms with Gasteiger partial charge in [0.15, 0.2) is 0 Å². The van der Waals surface area contributed by atoms with Crippen molar-refractivity contribution in [1.29, 1.82) is 0 Å². The number of morpholine rings is 1. The highest BCUT2D eigenvalue weighted by atomic mass is 32.1. The molecule has 0 aromatic carbocycles. The quantitative estimate of drug-likeness (QED) is 0.926. The summed E-state index contributed by atoms with van der Waals surface area (Å²) >= 11 is 1.67. The van der Waals surface area contributed by atoms with Gasteiger partial charge in [-0.25, -0.2) is 4.98 Å². The van der Waals surface area contributed by atoms with Crippen LogP contribution in [0.25, 0.3) is 0 Å². The molecule has 0 bridgehead atoms. The van der Waals surface area contributed by atoms with Crippen LogP contribution in [-0.4, -0.2) is 40.5 Å². The maximum absolute atomic E-state index is 12.7. The minimum atomic E-state index is -0.154. The van der Waals surface area contributed by atoms with Gasteiger partial charge in [-0.2, -0.15) is 0 Å². The molecule has 2 aliphatic rings. The Kier molecular flexibility index (Phi) is 3.50. The molecule has 1 amide bonds. The van der Waals surface area contributed by atoms with E-state index in [-0.39, 0.29) is 12.0 Å². The summed E-state index contributed by atoms with van der Waals surface area (Å²) in [6.45, 7) is 3.74. The minimum absolute atomic E-state index is 0.135. The van der Waals surface area contributed by atoms with Crippen LogP contribution >= 0.6 is 11.3 Å². The molecule has 1 fully saturated rings. The molecule has 2 aromatic rings. The zero-order valence-electron chi connectivity index (χ0n) is 12.6. The number of nitrogens with zero attached hydrogens (tertiary/aromatic N) is 2. The van der Waals surface area contributed by atoms with Crippen LogP contribution in [-0.2, 0) is 17.6 Å². The van der Waals surface area contributed by atoms with Gasteiger partial charge in [0.25, 0.3) is 5.91 Å². The number of amides is 1. The average molecular weight is 317 g/mol. The second-order valence-electron chi connectivity index (χ2n) is 5.97. The Hall–Kier alpha value is -1.66. The van der Waals surface area contributed by atoms with Gasteiger partial charge in [0.05, 0.1) is 18.0 Å². The van der Waals surface area contributed by atoms with Gasteiger partial charge in [-0.05, 0) is 37.8 Å². The predicted molar refractivity (Wildman–Crippen MR) is 84.3 cm³/mol. The summed E-state index contributed by atoms with van der Waals surface area (Å²) < 4.78 is 5.77. The van der Waals surface area contributed by atoms with Gasteiger partial charge >= 0.3 is 0 Å². The Morgan fingerprint density at radius 2 is 2.41 bits per heavy atom. The molecule has 4 rings (SSSR count). The van der Waals surface area contributed by atoms with Crippen molar-refractivity contribution in [2.75, 3.05) is 19.7 Å². The van der Waals surface area contributed by atoms with E-state index in [4.69, 9.17) is 4.74 Å². The molecule has 1 unspecified atom stereocenters. The summed E-state index contributed by atoms with van der Waals surface area (Å²) in [5.41, 5.74) is 2.39. The van der Waals surface area contributed by atoms with Crippen molar-refractivity contribution in [1.82, 2.24) is 14.9 Å². The van der Waals surface area contributed by atoms with E-state index in [0.717, 1.165) is 29.2 Å². The molecule has 6 heteroatoms. The smallest absolute Gasteiger partial charge is 0.264 e. The third-order valence-electron chi connectivity index (χ3n) is 4.34. The van der Waals surface area contributed by atoms with Crippen molar-refractivity contribution >= 4 is 17.2 Å². The number of aromatic nitrogens is 2. The predicted octanol–water partition coefficient (Wildman–Crippen LogP) is 2.48. The zero-order chi connectivity index (χ0) is 15.1. The first-order valence-corrected chi connectivity index (χ1v) is 8.56. The first-order valence-electron chi connectivity index (χ1n) is 7.74. The number of aromatic amines is 1. The van der Waals surface area contributed by atoms with E-state index in [2.05, 4.69) is 16.0 Å². The largest absolute Gasteiger partial charge is 0.367 e. The fraction of sp³-hybridized carbons (Fsp3) is 0.500. The van der Waals surface area contributed by atoms with Crippen LogP contribution in [0, 0.1) is 6.92 Å². The Bertz CT molecular complexity index is 685. The number of carbonyl (C=O) groups is 1. The number of fused-ring (bicyclic) bond motifs is 1. The molecular formula is C16H19N3O2S. The monoisotopic (exact) mass is 317 g/mol. The first kappa shape index (κ1) is 14.0. The highest BCUT2D eigenvalue weighted by molar-refractivity contribution is 7.14. The zero-order valence-corrected chi connectivity index (χ0v) is 13.4. The Labute approximate surface area is 133 Å². The molecule has 22 heavy (non-hydrogen) atoms. The van der Waals surface area contributed by atoms with Gasteiger partial charge in [-0.3, -0.25) is 4.79 Å². The van der Waals surface area contributed by atoms with E-state index in [1.54, 1.807) is 17.5 Å². The lowest BCUT2D eigenvalue weighted by Gasteiger charge is -2.31. The number of H-pyrrole nitrogens is 1. The molecule has 0 radical (unpaired) electrons. The van der Waals surface area contributed by atoms with Crippen molar-refractivity contribution < 1.29 is 9.53 Å². The third kappa shape index (κ3) is 2.46. The lowest BCUT2D eigenvalue weighted by Crippen LogP contribution is -2.42. The summed E-state index contributed by atoms with van der Waals surface area (Å²) in [5.74, 6) is 0.944. The van der Waals surface area contributed by atoms with Crippen LogP contribution < -0.4 is 0 Å². The van der Waals surface area contributed by atoms with Gasteiger partial charge < -0.3 is 14.6 Å². The number of rotatable bonds is 2. The molecule has 1 atom stereocenters. The number of aryl methyl sites for hydroxylation is 3.